The van der Waals surface area contributed by atoms with Crippen molar-refractivity contribution in [2.24, 2.45) is 21.1 Å². The lowest BCUT2D eigenvalue weighted by molar-refractivity contribution is -0.124. The Morgan fingerprint density at radius 1 is 0.629 bits per heavy atom. The topological polar surface area (TPSA) is 527 Å². The third-order valence-electron chi connectivity index (χ3n) is 18.5. The fourth-order valence-electron chi connectivity index (χ4n) is 12.1. The van der Waals surface area contributed by atoms with Crippen molar-refractivity contribution in [3.05, 3.63) is 266 Å². The monoisotopic (exact) mass is 2080 g/mol. The number of phenolic OH excluding ortho intramolecular Hbond substituents is 1. The molecule has 0 saturated heterocycles. The molecule has 0 aliphatic carbocycles. The zero-order chi connectivity index (χ0) is 98.0. The Kier molecular flexibility index (Phi) is 38.3. The van der Waals surface area contributed by atoms with E-state index >= 15 is 0 Å². The Bertz CT molecular complexity index is 6410. The van der Waals surface area contributed by atoms with E-state index < -0.39 is 53.3 Å². The number of halogens is 8. The first-order valence-corrected chi connectivity index (χ1v) is 42.3. The van der Waals surface area contributed by atoms with E-state index in [1.165, 1.54) is 105 Å². The summed E-state index contributed by atoms with van der Waals surface area (Å²) in [4.78, 5) is 122. The number of pyridine rings is 6. The molecule has 1 aliphatic rings. The van der Waals surface area contributed by atoms with Gasteiger partial charge < -0.3 is 62.6 Å². The normalized spacial score (nSPS) is 12.1. The van der Waals surface area contributed by atoms with Crippen molar-refractivity contribution in [3.8, 4) is 46.6 Å². The fourth-order valence-corrected chi connectivity index (χ4v) is 13.7. The number of carbonyl (C=O) groups excluding carboxylic acids is 8. The van der Waals surface area contributed by atoms with Gasteiger partial charge in [-0.2, -0.15) is 31.1 Å². The van der Waals surface area contributed by atoms with E-state index in [0.717, 1.165) is 36.5 Å². The summed E-state index contributed by atoms with van der Waals surface area (Å²) >= 11 is 19.0. The number of amides is 6. The van der Waals surface area contributed by atoms with Crippen LogP contribution in [0.4, 0.5) is 48.1 Å². The standard InChI is InChI=1S/C23H22BrFN6O3.C21H19FN6O2.C14H13FN4O2.C11H12BrClN2O2.C7H9BrN2O.C6H5BrN2O.C6H6N2O/c1-13(20-7-15(24)11-27-22(20)28-14(2)32)34-21-8-16(25)5-6-19(21)23(33)30(3)12-17-9-18(10-26)31(4)29-17;1-11-15-6-12(9-25-20(15)24)19-16(26-28(3)17(19)8-23)10-27(2)21(29)14-5-4-13(22)7-18(14)30-11;1-18(8-10-6-11(7-16)19(2)17-10)14(21)12-4-3-9(15)5-13(12)20;1-6(13)10-4-9(12)5-14-11(10)15(7(2)16)8(3)17;1-4(11)6-2-5(8)3-10-7(6)9;7-5-1-4(3-10)6(8)9-2-5;7-6-5(4-9)2-1-3-8-6/h5-9,11,13H,12H2,1-4H3,(H,27,28,32);4-7,9,11H,10H2,1-3H3,(H2,24,25);3-6,20H,8H2,1-2H3;4-6H,1-3H3;2-4,11H,1H3,(H2,9,10);1-3H,(H2,8,9);1-4H,(H2,7,8). The van der Waals surface area contributed by atoms with Crippen LogP contribution in [-0.2, 0) is 55.2 Å². The Hall–Kier alpha value is -14.4. The van der Waals surface area contributed by atoms with E-state index in [1.54, 1.807) is 142 Å². The minimum atomic E-state index is -0.681. The highest BCUT2D eigenvalue weighted by Crippen LogP contribution is 2.38. The number of nitrogens with two attached hydrogens (primary N) is 4. The van der Waals surface area contributed by atoms with Gasteiger partial charge >= 0.3 is 0 Å². The molecular formula is C88H86Br4ClF3N24O12. The molecule has 4 atom stereocenters. The van der Waals surface area contributed by atoms with Gasteiger partial charge in [0.25, 0.3) is 17.7 Å². The number of aromatic nitrogens is 12. The Labute approximate surface area is 793 Å². The molecule has 686 valence electrons. The predicted molar refractivity (Wildman–Crippen MR) is 497 cm³/mol. The number of aryl methyl sites for hydroxylation is 3. The van der Waals surface area contributed by atoms with Crippen LogP contribution in [0.5, 0.6) is 17.2 Å². The molecule has 0 radical (unpaired) electrons. The molecule has 11 N–H and O–H groups in total. The van der Waals surface area contributed by atoms with Crippen LogP contribution in [0.3, 0.4) is 0 Å². The van der Waals surface area contributed by atoms with Crippen molar-refractivity contribution < 1.29 is 71.2 Å². The second-order valence-corrected chi connectivity index (χ2v) is 32.9. The molecule has 0 spiro atoms. The molecule has 10 heterocycles. The second kappa shape index (κ2) is 48.3. The molecule has 1 aliphatic heterocycles. The summed E-state index contributed by atoms with van der Waals surface area (Å²) in [6, 6.07) is 31.9. The minimum Gasteiger partial charge on any atom is -0.507 e. The van der Waals surface area contributed by atoms with Crippen molar-refractivity contribution >= 4 is 158 Å². The number of phenols is 1. The largest absolute Gasteiger partial charge is 0.507 e. The number of aliphatic hydroxyl groups excluding tert-OH is 1. The van der Waals surface area contributed by atoms with Gasteiger partial charge in [-0.15, -0.1) is 11.6 Å². The van der Waals surface area contributed by atoms with E-state index in [9.17, 15) is 67.0 Å². The number of aromatic hydroxyl groups is 1. The highest BCUT2D eigenvalue weighted by Gasteiger charge is 2.30. The van der Waals surface area contributed by atoms with Crippen molar-refractivity contribution in [1.82, 2.24) is 73.9 Å². The lowest BCUT2D eigenvalue weighted by Crippen LogP contribution is -2.34. The number of alkyl halides is 1. The van der Waals surface area contributed by atoms with Crippen molar-refractivity contribution in [2.45, 2.75) is 91.8 Å². The van der Waals surface area contributed by atoms with E-state index in [1.807, 2.05) is 12.1 Å². The SMILES string of the molecule is CC(=O)N(C(C)=O)c1ncc(Br)cc1C(C)Cl.CC(=O)Nc1ncc(Br)cc1C(C)Oc1cc(F)ccc1C(=O)N(C)Cc1cc(C#N)n(C)n1.CC(O)c1cc(Br)cnc1N.CC1Oc2cc(F)ccc2C(=O)N(C)Cc2nn(C)c(C#N)c2-c2cnc(N)c1c2.CN(Cc1cc(C#N)n(C)n1)C(=O)c1ccc(F)cc1O.Nc1ncc(Br)cc1C=O.Nc1ncccc1C=O. The number of nitriles is 3. The predicted octanol–water partition coefficient (Wildman–Crippen LogP) is 14.4. The lowest BCUT2D eigenvalue weighted by Gasteiger charge is -2.23. The molecule has 4 unspecified atom stereocenters. The van der Waals surface area contributed by atoms with Crippen LogP contribution in [0, 0.1) is 51.4 Å². The average Bonchev–Trinajstić information content (AvgIpc) is 1.56. The van der Waals surface area contributed by atoms with Crippen LogP contribution in [0.1, 0.15) is 180 Å². The van der Waals surface area contributed by atoms with Crippen molar-refractivity contribution in [2.75, 3.05) is 54.3 Å². The fraction of sp³-hybridized carbons (Fsp3) is 0.227. The van der Waals surface area contributed by atoms with Crippen molar-refractivity contribution in [3.63, 3.8) is 0 Å². The number of imide groups is 1. The number of rotatable bonds is 15. The van der Waals surface area contributed by atoms with Crippen LogP contribution in [0.15, 0.2) is 164 Å². The lowest BCUT2D eigenvalue weighted by atomic mass is 10.0. The number of carbonyl (C=O) groups is 8. The number of fused-ring (bicyclic) bond motifs is 5. The van der Waals surface area contributed by atoms with Gasteiger partial charge in [-0.05, 0) is 182 Å². The summed E-state index contributed by atoms with van der Waals surface area (Å²) in [7, 11) is 9.67. The second-order valence-electron chi connectivity index (χ2n) is 28.5. The summed E-state index contributed by atoms with van der Waals surface area (Å²) in [5.41, 5.74) is 29.7. The Morgan fingerprint density at radius 3 is 1.64 bits per heavy atom. The molecule has 44 heteroatoms. The van der Waals surface area contributed by atoms with Crippen molar-refractivity contribution in [1.29, 1.82) is 15.8 Å². The Morgan fingerprint density at radius 2 is 1.14 bits per heavy atom. The average molecular weight is 2080 g/mol. The summed E-state index contributed by atoms with van der Waals surface area (Å²) < 4.78 is 60.1. The van der Waals surface area contributed by atoms with Gasteiger partial charge in [0.05, 0.1) is 76.0 Å². The quantitative estimate of drug-likeness (QED) is 0.0370. The number of anilines is 6. The molecule has 0 saturated carbocycles. The minimum absolute atomic E-state index is 0.00957. The highest BCUT2D eigenvalue weighted by molar-refractivity contribution is 9.11. The Balaban J connectivity index is 0.000000221. The van der Waals surface area contributed by atoms with E-state index in [4.69, 9.17) is 54.5 Å². The van der Waals surface area contributed by atoms with Gasteiger partial charge in [0.2, 0.25) is 17.7 Å². The van der Waals surface area contributed by atoms with E-state index in [0.29, 0.717) is 107 Å². The molecule has 3 aromatic carbocycles. The van der Waals surface area contributed by atoms with Crippen LogP contribution < -0.4 is 42.6 Å². The first kappa shape index (κ1) is 105. The van der Waals surface area contributed by atoms with Crippen LogP contribution in [0.25, 0.3) is 11.1 Å². The maximum atomic E-state index is 14.1. The molecule has 12 aromatic rings. The van der Waals surface area contributed by atoms with Gasteiger partial charge in [0.15, 0.2) is 12.6 Å². The molecule has 9 aromatic heterocycles. The molecule has 132 heavy (non-hydrogen) atoms. The molecule has 2 bridgehead atoms. The van der Waals surface area contributed by atoms with E-state index in [-0.39, 0.29) is 100 Å². The highest BCUT2D eigenvalue weighted by atomic mass is 79.9. The van der Waals surface area contributed by atoms with Gasteiger partial charge in [-0.3, -0.25) is 52.4 Å². The van der Waals surface area contributed by atoms with Crippen LogP contribution in [0.2, 0.25) is 0 Å². The number of benzene rings is 3. The maximum absolute atomic E-state index is 14.1. The van der Waals surface area contributed by atoms with Crippen LogP contribution >= 0.6 is 75.3 Å². The van der Waals surface area contributed by atoms with Gasteiger partial charge in [0.1, 0.15) is 117 Å². The number of hydrogen-bond acceptors (Lipinski definition) is 28. The smallest absolute Gasteiger partial charge is 0.257 e. The number of nitrogens with one attached hydrogen (secondary N) is 1. The summed E-state index contributed by atoms with van der Waals surface area (Å²) in [5, 5.41) is 61.5. The first-order valence-electron chi connectivity index (χ1n) is 38.7. The molecule has 6 amide bonds. The maximum Gasteiger partial charge on any atom is 0.257 e. The third kappa shape index (κ3) is 28.5. The molecular weight excluding hydrogens is 2000 g/mol. The number of ether oxygens (including phenoxy) is 2. The van der Waals surface area contributed by atoms with Gasteiger partial charge in [-0.1, -0.05) is 0 Å². The summed E-state index contributed by atoms with van der Waals surface area (Å²) in [5.74, 6) is -2.52. The number of aldehydes is 2. The third-order valence-corrected chi connectivity index (χ3v) is 20.5. The number of aliphatic hydroxyl groups is 1. The van der Waals surface area contributed by atoms with Gasteiger partial charge in [-0.25, -0.2) is 48.0 Å². The zero-order valence-corrected chi connectivity index (χ0v) is 79.8. The zero-order valence-electron chi connectivity index (χ0n) is 72.7. The molecule has 0 fully saturated rings. The van der Waals surface area contributed by atoms with Crippen LogP contribution in [-0.4, -0.2) is 153 Å². The first-order chi connectivity index (χ1) is 62.3. The summed E-state index contributed by atoms with van der Waals surface area (Å²) in [6.07, 6.45) is 8.79. The summed E-state index contributed by atoms with van der Waals surface area (Å²) in [6.45, 7) is 11.3. The number of nitrogen functional groups attached to an aromatic ring is 4. The van der Waals surface area contributed by atoms with Gasteiger partial charge in [0, 0.05) is 170 Å². The number of hydrogen-bond donors (Lipinski definition) is 7. The van der Waals surface area contributed by atoms with E-state index in [2.05, 4.69) is 120 Å². The number of nitrogens with zero attached hydrogens (tertiary/aromatic N) is 19. The molecule has 36 nitrogen and oxygen atoms in total. The molecule has 13 rings (SSSR count).